The van der Waals surface area contributed by atoms with Crippen LogP contribution in [0.5, 0.6) is 0 Å². The van der Waals surface area contributed by atoms with E-state index >= 15 is 0 Å². The Bertz CT molecular complexity index is 298. The number of nitrogens with one attached hydrogen (secondary N) is 1. The van der Waals surface area contributed by atoms with Crippen LogP contribution in [0.2, 0.25) is 0 Å². The van der Waals surface area contributed by atoms with Crippen LogP contribution >= 0.6 is 0 Å². The molecule has 134 valence electrons. The van der Waals surface area contributed by atoms with Crippen LogP contribution in [0.4, 0.5) is 0 Å². The van der Waals surface area contributed by atoms with E-state index in [0.29, 0.717) is 12.8 Å². The van der Waals surface area contributed by atoms with Crippen molar-refractivity contribution < 1.29 is 14.7 Å². The summed E-state index contributed by atoms with van der Waals surface area (Å²) in [6.07, 6.45) is 13.7. The van der Waals surface area contributed by atoms with Gasteiger partial charge in [-0.15, -0.1) is 0 Å². The van der Waals surface area contributed by atoms with Crippen molar-refractivity contribution in [2.24, 2.45) is 0 Å². The molecule has 0 radical (unpaired) electrons. The van der Waals surface area contributed by atoms with Crippen molar-refractivity contribution in [3.05, 3.63) is 0 Å². The number of carbonyl (C=O) groups is 2. The summed E-state index contributed by atoms with van der Waals surface area (Å²) in [6.45, 7) is 4.24. The second-order valence-electron chi connectivity index (χ2n) is 6.18. The second kappa shape index (κ2) is 18.5. The summed E-state index contributed by atoms with van der Waals surface area (Å²) in [4.78, 5) is 22.8. The Balaban J connectivity index is 0. The van der Waals surface area contributed by atoms with E-state index in [-0.39, 0.29) is 43.6 Å². The van der Waals surface area contributed by atoms with Gasteiger partial charge in [0.1, 0.15) is 6.04 Å². The fourth-order valence-electron chi connectivity index (χ4n) is 2.53. The van der Waals surface area contributed by atoms with E-state index in [0.717, 1.165) is 25.7 Å². The monoisotopic (exact) mass is 355 g/mol. The topological polar surface area (TPSA) is 66.4 Å². The van der Waals surface area contributed by atoms with Gasteiger partial charge in [-0.2, -0.15) is 0 Å². The molecule has 0 aromatic carbocycles. The second-order valence-corrected chi connectivity index (χ2v) is 6.18. The minimum absolute atomic E-state index is 0. The Morgan fingerprint density at radius 3 is 1.78 bits per heavy atom. The summed E-state index contributed by atoms with van der Waals surface area (Å²) in [5.74, 6) is -1.04. The Labute approximate surface area is 172 Å². The first-order chi connectivity index (χ1) is 10.6. The van der Waals surface area contributed by atoms with Gasteiger partial charge in [0, 0.05) is 6.42 Å². The molecule has 4 nitrogen and oxygen atoms in total. The summed E-state index contributed by atoms with van der Waals surface area (Å²) >= 11 is 0. The normalized spacial score (nSPS) is 11.6. The number of unbranched alkanes of at least 4 members (excludes halogenated alkanes) is 9. The van der Waals surface area contributed by atoms with Crippen LogP contribution in [0.1, 0.15) is 97.3 Å². The zero-order valence-electron chi connectivity index (χ0n) is 14.5. The van der Waals surface area contributed by atoms with E-state index in [1.54, 1.807) is 0 Å². The van der Waals surface area contributed by atoms with Crippen molar-refractivity contribution in [3.8, 4) is 0 Å². The number of carboxylic acids is 1. The molecular weight excluding hydrogens is 318 g/mol. The Kier molecular flexibility index (Phi) is 20.5. The van der Waals surface area contributed by atoms with E-state index in [2.05, 4.69) is 12.2 Å². The van der Waals surface area contributed by atoms with Gasteiger partial charge in [0.15, 0.2) is 0 Å². The Hall–Kier alpha value is 0.200. The van der Waals surface area contributed by atoms with Crippen LogP contribution in [-0.2, 0) is 9.59 Å². The molecule has 0 aromatic rings. The van der Waals surface area contributed by atoms with E-state index in [1.165, 1.54) is 44.9 Å². The van der Waals surface area contributed by atoms with Gasteiger partial charge in [0.05, 0.1) is 0 Å². The number of hydrogen-bond acceptors (Lipinski definition) is 2. The van der Waals surface area contributed by atoms with Gasteiger partial charge >= 0.3 is 43.7 Å². The molecule has 23 heavy (non-hydrogen) atoms. The van der Waals surface area contributed by atoms with Crippen molar-refractivity contribution in [1.82, 2.24) is 5.32 Å². The molecule has 0 rings (SSSR count). The van der Waals surface area contributed by atoms with Gasteiger partial charge in [-0.3, -0.25) is 4.79 Å². The van der Waals surface area contributed by atoms with Crippen LogP contribution in [-0.4, -0.2) is 60.8 Å². The number of carbonyl (C=O) groups excluding carboxylic acids is 1. The summed E-state index contributed by atoms with van der Waals surface area (Å²) in [7, 11) is 0. The van der Waals surface area contributed by atoms with Crippen molar-refractivity contribution in [3.63, 3.8) is 0 Å². The molecule has 0 saturated carbocycles. The maximum atomic E-state index is 11.8. The average Bonchev–Trinajstić information content (AvgIpc) is 2.49. The Morgan fingerprint density at radius 2 is 1.30 bits per heavy atom. The van der Waals surface area contributed by atoms with Crippen LogP contribution < -0.4 is 5.32 Å². The zero-order chi connectivity index (χ0) is 16.6. The summed E-state index contributed by atoms with van der Waals surface area (Å²) in [5, 5.41) is 11.7. The molecule has 1 amide bonds. The van der Waals surface area contributed by atoms with Gasteiger partial charge in [-0.05, 0) is 12.8 Å². The molecule has 0 aliphatic heterocycles. The first kappa shape index (κ1) is 25.4. The summed E-state index contributed by atoms with van der Waals surface area (Å²) in [6, 6.07) is -0.717. The van der Waals surface area contributed by atoms with Crippen molar-refractivity contribution >= 4 is 49.6 Å². The third-order valence-electron chi connectivity index (χ3n) is 3.99. The standard InChI is InChI=1S/C18H35NO3.Ca.2H/c1-3-5-7-8-9-10-11-12-13-15-17(20)19-16(18(21)22)14-6-4-2;;;/h16H,3-15H2,1-2H3,(H,19,20)(H,21,22);;;. The molecule has 0 spiro atoms. The van der Waals surface area contributed by atoms with Gasteiger partial charge < -0.3 is 10.4 Å². The molecule has 0 heterocycles. The van der Waals surface area contributed by atoms with Gasteiger partial charge in [0.25, 0.3) is 0 Å². The van der Waals surface area contributed by atoms with Crippen LogP contribution in [0.25, 0.3) is 0 Å². The number of amides is 1. The fraction of sp³-hybridized carbons (Fsp3) is 0.889. The number of hydrogen-bond donors (Lipinski definition) is 2. The molecule has 0 aromatic heterocycles. The first-order valence-corrected chi connectivity index (χ1v) is 9.14. The Morgan fingerprint density at radius 1 is 0.826 bits per heavy atom. The van der Waals surface area contributed by atoms with Crippen molar-refractivity contribution in [1.29, 1.82) is 0 Å². The molecule has 0 saturated heterocycles. The molecule has 0 aliphatic rings. The van der Waals surface area contributed by atoms with Gasteiger partial charge in [0.2, 0.25) is 5.91 Å². The zero-order valence-corrected chi connectivity index (χ0v) is 14.5. The van der Waals surface area contributed by atoms with Crippen LogP contribution in [0.15, 0.2) is 0 Å². The summed E-state index contributed by atoms with van der Waals surface area (Å²) < 4.78 is 0. The maximum absolute atomic E-state index is 11.8. The van der Waals surface area contributed by atoms with Crippen LogP contribution in [0.3, 0.4) is 0 Å². The molecule has 0 aliphatic carbocycles. The number of carboxylic acid groups (broad SMARTS) is 1. The predicted molar refractivity (Wildman–Crippen MR) is 99.5 cm³/mol. The quantitative estimate of drug-likeness (QED) is 0.347. The van der Waals surface area contributed by atoms with E-state index in [4.69, 9.17) is 5.11 Å². The van der Waals surface area contributed by atoms with Gasteiger partial charge in [-0.1, -0.05) is 78.1 Å². The minimum atomic E-state index is -0.922. The number of aliphatic carboxylic acids is 1. The molecule has 1 unspecified atom stereocenters. The fourth-order valence-corrected chi connectivity index (χ4v) is 2.53. The van der Waals surface area contributed by atoms with Crippen LogP contribution in [0, 0.1) is 0 Å². The van der Waals surface area contributed by atoms with E-state index < -0.39 is 12.0 Å². The molecular formula is C18H37CaNO3. The molecule has 0 fully saturated rings. The third kappa shape index (κ3) is 16.8. The summed E-state index contributed by atoms with van der Waals surface area (Å²) in [5.41, 5.74) is 0. The van der Waals surface area contributed by atoms with Gasteiger partial charge in [-0.25, -0.2) is 4.79 Å². The predicted octanol–water partition coefficient (Wildman–Crippen LogP) is 3.75. The number of rotatable bonds is 15. The average molecular weight is 356 g/mol. The SMILES string of the molecule is CCCCCCCCCCCC(=O)NC(CCCC)C(=O)O.[CaH2]. The van der Waals surface area contributed by atoms with E-state index in [1.807, 2.05) is 6.92 Å². The van der Waals surface area contributed by atoms with E-state index in [9.17, 15) is 9.59 Å². The van der Waals surface area contributed by atoms with Crippen molar-refractivity contribution in [2.45, 2.75) is 103 Å². The molecule has 1 atom stereocenters. The molecule has 0 bridgehead atoms. The first-order valence-electron chi connectivity index (χ1n) is 9.14. The van der Waals surface area contributed by atoms with Crippen molar-refractivity contribution in [2.75, 3.05) is 0 Å². The molecule has 5 heteroatoms. The molecule has 2 N–H and O–H groups in total. The third-order valence-corrected chi connectivity index (χ3v) is 3.99.